The minimum atomic E-state index is 0.631. The summed E-state index contributed by atoms with van der Waals surface area (Å²) in [6, 6.07) is 2.04. The summed E-state index contributed by atoms with van der Waals surface area (Å²) in [5.74, 6) is 0. The molecule has 0 aliphatic carbocycles. The van der Waals surface area contributed by atoms with E-state index >= 15 is 0 Å². The van der Waals surface area contributed by atoms with Gasteiger partial charge in [-0.15, -0.1) is 0 Å². The fraction of sp³-hybridized carbons (Fsp3) is 0.300. The van der Waals surface area contributed by atoms with Gasteiger partial charge in [0.05, 0.1) is 6.61 Å². The van der Waals surface area contributed by atoms with Crippen molar-refractivity contribution < 1.29 is 4.74 Å². The van der Waals surface area contributed by atoms with Crippen molar-refractivity contribution in [1.82, 2.24) is 4.98 Å². The fourth-order valence-corrected chi connectivity index (χ4v) is 1.31. The second kappa shape index (κ2) is 5.14. The topological polar surface area (TPSA) is 22.1 Å². The van der Waals surface area contributed by atoms with Crippen LogP contribution in [-0.4, -0.2) is 18.7 Å². The molecule has 0 fully saturated rings. The van der Waals surface area contributed by atoms with Gasteiger partial charge in [0.25, 0.3) is 0 Å². The van der Waals surface area contributed by atoms with Crippen molar-refractivity contribution in [2.24, 2.45) is 0 Å². The number of aromatic nitrogens is 1. The summed E-state index contributed by atoms with van der Waals surface area (Å²) in [6.45, 7) is 2.62. The van der Waals surface area contributed by atoms with E-state index in [0.29, 0.717) is 6.61 Å². The van der Waals surface area contributed by atoms with Gasteiger partial charge in [-0.1, -0.05) is 12.2 Å². The molecule has 1 heterocycles. The number of ether oxygens (including phenoxy) is 1. The highest BCUT2D eigenvalue weighted by atomic mass is 79.9. The molecular formula is C10H12BrNO. The number of methoxy groups -OCH3 is 1. The highest BCUT2D eigenvalue weighted by Gasteiger charge is 1.95. The molecule has 0 aliphatic rings. The van der Waals surface area contributed by atoms with Crippen LogP contribution < -0.4 is 0 Å². The molecule has 1 aromatic heterocycles. The van der Waals surface area contributed by atoms with Crippen molar-refractivity contribution in [3.05, 3.63) is 34.1 Å². The molecular weight excluding hydrogens is 230 g/mol. The number of rotatable bonds is 3. The number of aryl methyl sites for hydroxylation is 1. The molecule has 0 bridgehead atoms. The van der Waals surface area contributed by atoms with E-state index in [9.17, 15) is 0 Å². The lowest BCUT2D eigenvalue weighted by Gasteiger charge is -1.99. The monoisotopic (exact) mass is 241 g/mol. The van der Waals surface area contributed by atoms with Crippen LogP contribution >= 0.6 is 15.9 Å². The molecule has 13 heavy (non-hydrogen) atoms. The lowest BCUT2D eigenvalue weighted by atomic mass is 10.2. The van der Waals surface area contributed by atoms with Crippen LogP contribution in [0.4, 0.5) is 0 Å². The van der Waals surface area contributed by atoms with E-state index in [1.54, 1.807) is 13.3 Å². The molecule has 0 amide bonds. The number of pyridine rings is 1. The summed E-state index contributed by atoms with van der Waals surface area (Å²) in [7, 11) is 1.68. The van der Waals surface area contributed by atoms with Gasteiger partial charge in [-0.2, -0.15) is 0 Å². The molecule has 0 saturated heterocycles. The van der Waals surface area contributed by atoms with Crippen LogP contribution in [-0.2, 0) is 4.74 Å². The van der Waals surface area contributed by atoms with Gasteiger partial charge in [-0.3, -0.25) is 4.98 Å². The van der Waals surface area contributed by atoms with Crippen molar-refractivity contribution >= 4 is 22.0 Å². The van der Waals surface area contributed by atoms with Crippen LogP contribution in [0.2, 0.25) is 0 Å². The van der Waals surface area contributed by atoms with Crippen LogP contribution in [0.15, 0.2) is 22.8 Å². The van der Waals surface area contributed by atoms with Gasteiger partial charge < -0.3 is 4.74 Å². The number of hydrogen-bond donors (Lipinski definition) is 0. The largest absolute Gasteiger partial charge is 0.381 e. The van der Waals surface area contributed by atoms with E-state index < -0.39 is 0 Å². The second-order valence-electron chi connectivity index (χ2n) is 2.69. The molecule has 1 aromatic rings. The normalized spacial score (nSPS) is 11.0. The maximum absolute atomic E-state index is 4.91. The Morgan fingerprint density at radius 3 is 3.08 bits per heavy atom. The van der Waals surface area contributed by atoms with Crippen molar-refractivity contribution in [3.8, 4) is 0 Å². The Kier molecular flexibility index (Phi) is 4.12. The summed E-state index contributed by atoms with van der Waals surface area (Å²) in [5, 5.41) is 0. The average Bonchev–Trinajstić information content (AvgIpc) is 2.11. The second-order valence-corrected chi connectivity index (χ2v) is 3.60. The highest BCUT2D eigenvalue weighted by molar-refractivity contribution is 9.10. The Labute approximate surface area is 86.8 Å². The first-order chi connectivity index (χ1) is 6.24. The predicted molar refractivity (Wildman–Crippen MR) is 57.6 cm³/mol. The van der Waals surface area contributed by atoms with E-state index in [-0.39, 0.29) is 0 Å². The van der Waals surface area contributed by atoms with Gasteiger partial charge >= 0.3 is 0 Å². The van der Waals surface area contributed by atoms with Gasteiger partial charge in [0.1, 0.15) is 0 Å². The van der Waals surface area contributed by atoms with E-state index in [2.05, 4.69) is 20.9 Å². The van der Waals surface area contributed by atoms with Crippen LogP contribution in [0.1, 0.15) is 11.3 Å². The number of hydrogen-bond acceptors (Lipinski definition) is 2. The molecule has 0 aromatic carbocycles. The molecule has 1 rings (SSSR count). The Balaban J connectivity index is 2.81. The van der Waals surface area contributed by atoms with E-state index in [1.807, 2.05) is 25.1 Å². The third kappa shape index (κ3) is 3.28. The lowest BCUT2D eigenvalue weighted by molar-refractivity contribution is 0.234. The third-order valence-electron chi connectivity index (χ3n) is 1.65. The molecule has 0 radical (unpaired) electrons. The first-order valence-corrected chi connectivity index (χ1v) is 4.81. The standard InChI is InChI=1S/C10H12BrNO/c1-8-9(4-3-5-13-2)6-10(11)7-12-8/h3-4,6-7H,5H2,1-2H3/b4-3-. The number of halogens is 1. The Morgan fingerprint density at radius 1 is 1.62 bits per heavy atom. The van der Waals surface area contributed by atoms with E-state index in [0.717, 1.165) is 15.7 Å². The number of nitrogens with zero attached hydrogens (tertiary/aromatic N) is 1. The van der Waals surface area contributed by atoms with Gasteiger partial charge in [0.2, 0.25) is 0 Å². The Morgan fingerprint density at radius 2 is 2.38 bits per heavy atom. The SMILES string of the molecule is COC/C=C\c1cc(Br)cnc1C. The maximum atomic E-state index is 4.91. The summed E-state index contributed by atoms with van der Waals surface area (Å²) < 4.78 is 5.91. The van der Waals surface area contributed by atoms with Crippen LogP contribution in [0.3, 0.4) is 0 Å². The Hall–Kier alpha value is -0.670. The maximum Gasteiger partial charge on any atom is 0.0646 e. The van der Waals surface area contributed by atoms with Gasteiger partial charge in [0.15, 0.2) is 0 Å². The van der Waals surface area contributed by atoms with Gasteiger partial charge in [-0.25, -0.2) is 0 Å². The molecule has 0 saturated carbocycles. The average molecular weight is 242 g/mol. The molecule has 0 atom stereocenters. The molecule has 70 valence electrons. The third-order valence-corrected chi connectivity index (χ3v) is 2.09. The van der Waals surface area contributed by atoms with Crippen molar-refractivity contribution in [3.63, 3.8) is 0 Å². The molecule has 3 heteroatoms. The van der Waals surface area contributed by atoms with E-state index in [4.69, 9.17) is 4.74 Å². The summed E-state index contributed by atoms with van der Waals surface area (Å²) in [4.78, 5) is 4.22. The zero-order valence-electron chi connectivity index (χ0n) is 7.75. The van der Waals surface area contributed by atoms with Gasteiger partial charge in [0, 0.05) is 23.5 Å². The smallest absolute Gasteiger partial charge is 0.0646 e. The molecule has 2 nitrogen and oxygen atoms in total. The zero-order chi connectivity index (χ0) is 9.68. The lowest BCUT2D eigenvalue weighted by Crippen LogP contribution is -1.87. The quantitative estimate of drug-likeness (QED) is 0.813. The van der Waals surface area contributed by atoms with Crippen LogP contribution in [0, 0.1) is 6.92 Å². The van der Waals surface area contributed by atoms with Crippen molar-refractivity contribution in [2.45, 2.75) is 6.92 Å². The minimum absolute atomic E-state index is 0.631. The van der Waals surface area contributed by atoms with Crippen LogP contribution in [0.5, 0.6) is 0 Å². The first-order valence-electron chi connectivity index (χ1n) is 4.01. The van der Waals surface area contributed by atoms with Crippen molar-refractivity contribution in [2.75, 3.05) is 13.7 Å². The summed E-state index contributed by atoms with van der Waals surface area (Å²) in [5.41, 5.74) is 2.14. The predicted octanol–water partition coefficient (Wildman–Crippen LogP) is 2.81. The van der Waals surface area contributed by atoms with Crippen LogP contribution in [0.25, 0.3) is 6.08 Å². The van der Waals surface area contributed by atoms with Gasteiger partial charge in [-0.05, 0) is 34.5 Å². The summed E-state index contributed by atoms with van der Waals surface area (Å²) >= 11 is 3.38. The first kappa shape index (κ1) is 10.4. The minimum Gasteiger partial charge on any atom is -0.381 e. The summed E-state index contributed by atoms with van der Waals surface area (Å²) in [6.07, 6.45) is 5.77. The molecule has 0 N–H and O–H groups in total. The molecule has 0 spiro atoms. The zero-order valence-corrected chi connectivity index (χ0v) is 9.34. The Bertz CT molecular complexity index is 310. The van der Waals surface area contributed by atoms with E-state index in [1.165, 1.54) is 0 Å². The highest BCUT2D eigenvalue weighted by Crippen LogP contribution is 2.14. The van der Waals surface area contributed by atoms with Crippen molar-refractivity contribution in [1.29, 1.82) is 0 Å². The molecule has 0 unspecified atom stereocenters. The fourth-order valence-electron chi connectivity index (χ4n) is 0.963. The molecule has 0 aliphatic heterocycles.